The normalized spacial score (nSPS) is 13.6. The Labute approximate surface area is 149 Å². The molecule has 0 aromatic heterocycles. The van der Waals surface area contributed by atoms with E-state index < -0.39 is 4.92 Å². The van der Waals surface area contributed by atoms with Crippen LogP contribution in [0, 0.1) is 17.0 Å². The van der Waals surface area contributed by atoms with E-state index in [1.165, 1.54) is 49.4 Å². The fourth-order valence-corrected chi connectivity index (χ4v) is 2.84. The van der Waals surface area contributed by atoms with E-state index in [9.17, 15) is 10.1 Å². The highest BCUT2D eigenvalue weighted by atomic mass is 16.6. The van der Waals surface area contributed by atoms with Crippen LogP contribution in [0.15, 0.2) is 53.5 Å². The lowest BCUT2D eigenvalue weighted by atomic mass is 9.98. The molecule has 3 rings (SSSR count). The van der Waals surface area contributed by atoms with Gasteiger partial charge in [0.2, 0.25) is 0 Å². The zero-order chi connectivity index (χ0) is 18.1. The van der Waals surface area contributed by atoms with Crippen LogP contribution in [0.5, 0.6) is 0 Å². The molecule has 0 bridgehead atoms. The lowest BCUT2D eigenvalue weighted by Gasteiger charge is -2.12. The first-order chi connectivity index (χ1) is 12.1. The molecular formula is C21H26N2O2. The van der Waals surface area contributed by atoms with Gasteiger partial charge >= 0.3 is 0 Å². The monoisotopic (exact) mass is 338 g/mol. The number of nitro groups is 1. The van der Waals surface area contributed by atoms with Crippen LogP contribution in [0.3, 0.4) is 0 Å². The molecule has 0 heterocycles. The Kier molecular flexibility index (Phi) is 7.33. The first kappa shape index (κ1) is 18.8. The molecule has 1 fully saturated rings. The number of hydrogen-bond acceptors (Lipinski definition) is 3. The molecule has 25 heavy (non-hydrogen) atoms. The summed E-state index contributed by atoms with van der Waals surface area (Å²) in [5, 5.41) is 10.2. The van der Waals surface area contributed by atoms with Gasteiger partial charge in [-0.25, -0.2) is 0 Å². The summed E-state index contributed by atoms with van der Waals surface area (Å²) in [4.78, 5) is 14.5. The molecule has 132 valence electrons. The maximum absolute atomic E-state index is 10.2. The zero-order valence-corrected chi connectivity index (χ0v) is 15.1. The van der Waals surface area contributed by atoms with Crippen molar-refractivity contribution in [2.24, 2.45) is 4.99 Å². The molecule has 1 saturated carbocycles. The Morgan fingerprint density at radius 2 is 1.76 bits per heavy atom. The van der Waals surface area contributed by atoms with E-state index >= 15 is 0 Å². The van der Waals surface area contributed by atoms with Crippen LogP contribution in [0.4, 0.5) is 11.4 Å². The second-order valence-electron chi connectivity index (χ2n) is 6.36. The number of aliphatic imine (C=N–C) groups is 1. The van der Waals surface area contributed by atoms with E-state index in [0.29, 0.717) is 0 Å². The third-order valence-electron chi connectivity index (χ3n) is 4.25. The van der Waals surface area contributed by atoms with Crippen LogP contribution in [-0.2, 0) is 6.42 Å². The minimum Gasteiger partial charge on any atom is -0.258 e. The molecule has 2 aromatic carbocycles. The highest BCUT2D eigenvalue weighted by Crippen LogP contribution is 2.20. The average molecular weight is 338 g/mol. The van der Waals surface area contributed by atoms with E-state index in [-0.39, 0.29) is 5.69 Å². The summed E-state index contributed by atoms with van der Waals surface area (Å²) in [7, 11) is 0. The molecule has 0 N–H and O–H groups in total. The second kappa shape index (κ2) is 9.72. The van der Waals surface area contributed by atoms with Gasteiger partial charge in [-0.2, -0.15) is 0 Å². The van der Waals surface area contributed by atoms with Gasteiger partial charge < -0.3 is 0 Å². The topological polar surface area (TPSA) is 55.5 Å². The third kappa shape index (κ3) is 6.49. The summed E-state index contributed by atoms with van der Waals surface area (Å²) in [6.07, 6.45) is 7.54. The van der Waals surface area contributed by atoms with E-state index in [1.54, 1.807) is 12.1 Å². The fourth-order valence-electron chi connectivity index (χ4n) is 2.84. The predicted octanol–water partition coefficient (Wildman–Crippen LogP) is 6.19. The van der Waals surface area contributed by atoms with Crippen molar-refractivity contribution in [1.29, 1.82) is 0 Å². The molecule has 1 aliphatic rings. The van der Waals surface area contributed by atoms with E-state index in [0.717, 1.165) is 17.7 Å². The summed E-state index contributed by atoms with van der Waals surface area (Å²) in [6, 6.07) is 15.1. The van der Waals surface area contributed by atoms with Crippen LogP contribution >= 0.6 is 0 Å². The maximum Gasteiger partial charge on any atom is 0.269 e. The molecule has 0 radical (unpaired) electrons. The zero-order valence-electron chi connectivity index (χ0n) is 15.1. The fraction of sp³-hybridized carbons (Fsp3) is 0.381. The van der Waals surface area contributed by atoms with Crippen LogP contribution in [0.1, 0.15) is 50.2 Å². The summed E-state index contributed by atoms with van der Waals surface area (Å²) in [5.41, 5.74) is 4.99. The Hall–Kier alpha value is -2.49. The van der Waals surface area contributed by atoms with Gasteiger partial charge in [0.05, 0.1) is 10.6 Å². The van der Waals surface area contributed by atoms with Crippen LogP contribution in [0.2, 0.25) is 0 Å². The van der Waals surface area contributed by atoms with Gasteiger partial charge in [-0.05, 0) is 62.3 Å². The lowest BCUT2D eigenvalue weighted by Crippen LogP contribution is -2.03. The molecule has 0 spiro atoms. The van der Waals surface area contributed by atoms with Crippen molar-refractivity contribution in [2.45, 2.75) is 52.4 Å². The van der Waals surface area contributed by atoms with E-state index in [2.05, 4.69) is 31.2 Å². The van der Waals surface area contributed by atoms with Crippen molar-refractivity contribution >= 4 is 17.1 Å². The minimum atomic E-state index is -0.396. The molecule has 0 atom stereocenters. The van der Waals surface area contributed by atoms with E-state index in [1.807, 2.05) is 13.0 Å². The van der Waals surface area contributed by atoms with E-state index in [4.69, 9.17) is 4.99 Å². The largest absolute Gasteiger partial charge is 0.269 e. The molecule has 0 saturated heterocycles. The first-order valence-electron chi connectivity index (χ1n) is 8.95. The van der Waals surface area contributed by atoms with Gasteiger partial charge in [-0.15, -0.1) is 0 Å². The lowest BCUT2D eigenvalue weighted by molar-refractivity contribution is -0.384. The molecule has 2 aromatic rings. The number of nitro benzene ring substituents is 1. The Balaban J connectivity index is 0.000000196. The van der Waals surface area contributed by atoms with Gasteiger partial charge in [-0.1, -0.05) is 37.6 Å². The standard InChI is InChI=1S/C14H19N.C7H7NO2/c1-2-12-7-6-10-14(11-12)15-13-8-4-3-5-9-13;1-6-3-2-4-7(5-6)8(9)10/h6-7,10-11H,2-5,8-9H2,1H3;2-5H,1H3. The minimum absolute atomic E-state index is 0.153. The molecule has 0 unspecified atom stereocenters. The number of aryl methyl sites for hydroxylation is 2. The number of hydrogen-bond donors (Lipinski definition) is 0. The van der Waals surface area contributed by atoms with Crippen molar-refractivity contribution < 1.29 is 4.92 Å². The highest BCUT2D eigenvalue weighted by molar-refractivity contribution is 5.87. The van der Waals surface area contributed by atoms with Crippen molar-refractivity contribution in [3.63, 3.8) is 0 Å². The molecule has 4 heteroatoms. The van der Waals surface area contributed by atoms with Crippen LogP contribution in [-0.4, -0.2) is 10.6 Å². The quantitative estimate of drug-likeness (QED) is 0.495. The van der Waals surface area contributed by atoms with Gasteiger partial charge in [0.25, 0.3) is 5.69 Å². The summed E-state index contributed by atoms with van der Waals surface area (Å²) >= 11 is 0. The number of non-ortho nitro benzene ring substituents is 1. The van der Waals surface area contributed by atoms with Crippen LogP contribution in [0.25, 0.3) is 0 Å². The van der Waals surface area contributed by atoms with Gasteiger partial charge in [0.15, 0.2) is 0 Å². The molecule has 1 aliphatic carbocycles. The summed E-state index contributed by atoms with van der Waals surface area (Å²) in [6.45, 7) is 4.01. The Bertz CT molecular complexity index is 730. The number of rotatable bonds is 3. The number of benzene rings is 2. The molecule has 0 amide bonds. The van der Waals surface area contributed by atoms with Crippen LogP contribution < -0.4 is 0 Å². The summed E-state index contributed by atoms with van der Waals surface area (Å²) < 4.78 is 0. The van der Waals surface area contributed by atoms with Gasteiger partial charge in [-0.3, -0.25) is 15.1 Å². The molecular weight excluding hydrogens is 312 g/mol. The van der Waals surface area contributed by atoms with Gasteiger partial charge in [0.1, 0.15) is 0 Å². The Morgan fingerprint density at radius 3 is 2.36 bits per heavy atom. The number of nitrogens with zero attached hydrogens (tertiary/aromatic N) is 2. The molecule has 0 aliphatic heterocycles. The molecule has 4 nitrogen and oxygen atoms in total. The predicted molar refractivity (Wildman–Crippen MR) is 104 cm³/mol. The average Bonchev–Trinajstić information content (AvgIpc) is 2.63. The Morgan fingerprint density at radius 1 is 1.04 bits per heavy atom. The highest BCUT2D eigenvalue weighted by Gasteiger charge is 2.06. The van der Waals surface area contributed by atoms with Crippen molar-refractivity contribution in [3.05, 3.63) is 69.8 Å². The third-order valence-corrected chi connectivity index (χ3v) is 4.25. The van der Waals surface area contributed by atoms with Crippen molar-refractivity contribution in [3.8, 4) is 0 Å². The second-order valence-corrected chi connectivity index (χ2v) is 6.36. The SMILES string of the molecule is CCc1cccc(N=C2CCCCC2)c1.Cc1cccc([N+](=O)[O-])c1. The smallest absolute Gasteiger partial charge is 0.258 e. The summed E-state index contributed by atoms with van der Waals surface area (Å²) in [5.74, 6) is 0. The van der Waals surface area contributed by atoms with Gasteiger partial charge in [0, 0.05) is 17.8 Å². The maximum atomic E-state index is 10.2. The van der Waals surface area contributed by atoms with Crippen molar-refractivity contribution in [1.82, 2.24) is 0 Å². The first-order valence-corrected chi connectivity index (χ1v) is 8.95. The van der Waals surface area contributed by atoms with Crippen molar-refractivity contribution in [2.75, 3.05) is 0 Å².